The molecule has 1 aromatic carbocycles. The number of nitrogens with zero attached hydrogens (tertiary/aromatic N) is 1. The molecule has 82 valence electrons. The SMILES string of the molecule is CC(C)(O)c1ccc(-c2ccccc2)nc1. The minimum atomic E-state index is -0.831. The van der Waals surface area contributed by atoms with Crippen LogP contribution in [0.25, 0.3) is 11.3 Å². The topological polar surface area (TPSA) is 33.1 Å². The van der Waals surface area contributed by atoms with Crippen LogP contribution >= 0.6 is 0 Å². The van der Waals surface area contributed by atoms with E-state index in [1.165, 1.54) is 0 Å². The van der Waals surface area contributed by atoms with E-state index in [0.29, 0.717) is 0 Å². The summed E-state index contributed by atoms with van der Waals surface area (Å²) in [6, 6.07) is 13.8. The number of rotatable bonds is 2. The number of hydrogen-bond donors (Lipinski definition) is 1. The zero-order valence-corrected chi connectivity index (χ0v) is 9.51. The summed E-state index contributed by atoms with van der Waals surface area (Å²) < 4.78 is 0. The van der Waals surface area contributed by atoms with Crippen molar-refractivity contribution in [1.29, 1.82) is 0 Å². The van der Waals surface area contributed by atoms with Gasteiger partial charge in [0.1, 0.15) is 0 Å². The summed E-state index contributed by atoms with van der Waals surface area (Å²) in [5.74, 6) is 0. The molecule has 0 fully saturated rings. The van der Waals surface area contributed by atoms with E-state index in [1.54, 1.807) is 20.0 Å². The van der Waals surface area contributed by atoms with Crippen molar-refractivity contribution in [3.63, 3.8) is 0 Å². The van der Waals surface area contributed by atoms with Crippen LogP contribution in [0.3, 0.4) is 0 Å². The molecule has 16 heavy (non-hydrogen) atoms. The van der Waals surface area contributed by atoms with Gasteiger partial charge in [0, 0.05) is 17.3 Å². The predicted octanol–water partition coefficient (Wildman–Crippen LogP) is 2.98. The van der Waals surface area contributed by atoms with Crippen molar-refractivity contribution in [3.8, 4) is 11.3 Å². The quantitative estimate of drug-likeness (QED) is 0.832. The molecule has 0 unspecified atom stereocenters. The van der Waals surface area contributed by atoms with Crippen molar-refractivity contribution in [2.75, 3.05) is 0 Å². The van der Waals surface area contributed by atoms with Gasteiger partial charge in [-0.05, 0) is 19.9 Å². The van der Waals surface area contributed by atoms with Crippen LogP contribution in [-0.4, -0.2) is 10.1 Å². The third-order valence-electron chi connectivity index (χ3n) is 2.54. The Morgan fingerprint density at radius 3 is 2.19 bits per heavy atom. The van der Waals surface area contributed by atoms with Crippen LogP contribution in [0.2, 0.25) is 0 Å². The molecule has 2 heteroatoms. The Hall–Kier alpha value is -1.67. The Kier molecular flexibility index (Phi) is 2.75. The molecule has 0 radical (unpaired) electrons. The van der Waals surface area contributed by atoms with Crippen LogP contribution in [0, 0.1) is 0 Å². The lowest BCUT2D eigenvalue weighted by atomic mass is 10.00. The van der Waals surface area contributed by atoms with Gasteiger partial charge in [0.2, 0.25) is 0 Å². The standard InChI is InChI=1S/C14H15NO/c1-14(2,16)12-8-9-13(15-10-12)11-6-4-3-5-7-11/h3-10,16H,1-2H3. The zero-order chi connectivity index (χ0) is 11.6. The first-order chi connectivity index (χ1) is 7.57. The van der Waals surface area contributed by atoms with Gasteiger partial charge in [-0.1, -0.05) is 36.4 Å². The average Bonchev–Trinajstić information content (AvgIpc) is 2.29. The van der Waals surface area contributed by atoms with Crippen LogP contribution in [0.1, 0.15) is 19.4 Å². The number of aromatic nitrogens is 1. The summed E-state index contributed by atoms with van der Waals surface area (Å²) in [6.07, 6.45) is 1.72. The molecule has 0 saturated heterocycles. The number of pyridine rings is 1. The summed E-state index contributed by atoms with van der Waals surface area (Å²) in [6.45, 7) is 3.51. The Balaban J connectivity index is 2.34. The predicted molar refractivity (Wildman–Crippen MR) is 64.9 cm³/mol. The second-order valence-corrected chi connectivity index (χ2v) is 4.36. The highest BCUT2D eigenvalue weighted by molar-refractivity contribution is 5.58. The van der Waals surface area contributed by atoms with Gasteiger partial charge in [0.15, 0.2) is 0 Å². The minimum absolute atomic E-state index is 0.826. The summed E-state index contributed by atoms with van der Waals surface area (Å²) in [4.78, 5) is 4.36. The van der Waals surface area contributed by atoms with Crippen LogP contribution in [0.4, 0.5) is 0 Å². The van der Waals surface area contributed by atoms with E-state index in [-0.39, 0.29) is 0 Å². The van der Waals surface area contributed by atoms with Gasteiger partial charge < -0.3 is 5.11 Å². The van der Waals surface area contributed by atoms with Crippen molar-refractivity contribution in [1.82, 2.24) is 4.98 Å². The summed E-state index contributed by atoms with van der Waals surface area (Å²) in [5, 5.41) is 9.81. The molecule has 1 N–H and O–H groups in total. The zero-order valence-electron chi connectivity index (χ0n) is 9.51. The average molecular weight is 213 g/mol. The summed E-state index contributed by atoms with van der Waals surface area (Å²) in [7, 11) is 0. The third kappa shape index (κ3) is 2.28. The Bertz CT molecular complexity index is 454. The van der Waals surface area contributed by atoms with Crippen LogP contribution < -0.4 is 0 Å². The fourth-order valence-corrected chi connectivity index (χ4v) is 1.54. The molecule has 2 aromatic rings. The van der Waals surface area contributed by atoms with E-state index in [1.807, 2.05) is 42.5 Å². The molecule has 2 nitrogen and oxygen atoms in total. The van der Waals surface area contributed by atoms with Gasteiger partial charge in [-0.15, -0.1) is 0 Å². The Morgan fingerprint density at radius 2 is 1.69 bits per heavy atom. The third-order valence-corrected chi connectivity index (χ3v) is 2.54. The maximum Gasteiger partial charge on any atom is 0.0855 e. The minimum Gasteiger partial charge on any atom is -0.386 e. The molecule has 0 spiro atoms. The van der Waals surface area contributed by atoms with Gasteiger partial charge >= 0.3 is 0 Å². The first kappa shape index (κ1) is 10.8. The van der Waals surface area contributed by atoms with Gasteiger partial charge in [-0.2, -0.15) is 0 Å². The molecule has 2 rings (SSSR count). The lowest BCUT2D eigenvalue weighted by Crippen LogP contribution is -2.15. The molecule has 0 aliphatic heterocycles. The second-order valence-electron chi connectivity index (χ2n) is 4.36. The first-order valence-corrected chi connectivity index (χ1v) is 5.32. The van der Waals surface area contributed by atoms with Gasteiger partial charge in [0.05, 0.1) is 11.3 Å². The molecule has 0 saturated carbocycles. The first-order valence-electron chi connectivity index (χ1n) is 5.32. The summed E-state index contributed by atoms with van der Waals surface area (Å²) >= 11 is 0. The number of aliphatic hydroxyl groups is 1. The fraction of sp³-hybridized carbons (Fsp3) is 0.214. The lowest BCUT2D eigenvalue weighted by molar-refractivity contribution is 0.0782. The van der Waals surface area contributed by atoms with Gasteiger partial charge in [-0.25, -0.2) is 0 Å². The highest BCUT2D eigenvalue weighted by Gasteiger charge is 2.15. The molecule has 0 atom stereocenters. The molecule has 1 aromatic heterocycles. The second kappa shape index (κ2) is 4.06. The van der Waals surface area contributed by atoms with Crippen LogP contribution in [0.15, 0.2) is 48.7 Å². The van der Waals surface area contributed by atoms with Crippen LogP contribution in [0.5, 0.6) is 0 Å². The lowest BCUT2D eigenvalue weighted by Gasteiger charge is -2.17. The van der Waals surface area contributed by atoms with E-state index >= 15 is 0 Å². The highest BCUT2D eigenvalue weighted by atomic mass is 16.3. The fourth-order valence-electron chi connectivity index (χ4n) is 1.54. The number of hydrogen-bond acceptors (Lipinski definition) is 2. The largest absolute Gasteiger partial charge is 0.386 e. The van der Waals surface area contributed by atoms with E-state index < -0.39 is 5.60 Å². The van der Waals surface area contributed by atoms with Crippen LogP contribution in [-0.2, 0) is 5.60 Å². The Labute approximate surface area is 95.6 Å². The smallest absolute Gasteiger partial charge is 0.0855 e. The maximum atomic E-state index is 9.81. The molecule has 1 heterocycles. The van der Waals surface area contributed by atoms with Crippen molar-refractivity contribution in [2.24, 2.45) is 0 Å². The van der Waals surface area contributed by atoms with Crippen molar-refractivity contribution in [2.45, 2.75) is 19.4 Å². The normalized spacial score (nSPS) is 11.4. The van der Waals surface area contributed by atoms with E-state index in [9.17, 15) is 5.11 Å². The molecule has 0 aliphatic carbocycles. The molecule has 0 amide bonds. The van der Waals surface area contributed by atoms with Crippen molar-refractivity contribution in [3.05, 3.63) is 54.2 Å². The van der Waals surface area contributed by atoms with Gasteiger partial charge in [0.25, 0.3) is 0 Å². The summed E-state index contributed by atoms with van der Waals surface area (Å²) in [5.41, 5.74) is 2.01. The molecule has 0 bridgehead atoms. The van der Waals surface area contributed by atoms with Crippen molar-refractivity contribution < 1.29 is 5.11 Å². The van der Waals surface area contributed by atoms with Gasteiger partial charge in [-0.3, -0.25) is 4.98 Å². The highest BCUT2D eigenvalue weighted by Crippen LogP contribution is 2.22. The van der Waals surface area contributed by atoms with E-state index in [2.05, 4.69) is 4.98 Å². The molecular weight excluding hydrogens is 198 g/mol. The van der Waals surface area contributed by atoms with E-state index in [4.69, 9.17) is 0 Å². The molecular formula is C14H15NO. The van der Waals surface area contributed by atoms with E-state index in [0.717, 1.165) is 16.8 Å². The maximum absolute atomic E-state index is 9.81. The Morgan fingerprint density at radius 1 is 1.00 bits per heavy atom. The monoisotopic (exact) mass is 213 g/mol. The molecule has 0 aliphatic rings. The van der Waals surface area contributed by atoms with Crippen molar-refractivity contribution >= 4 is 0 Å². The number of benzene rings is 1.